The van der Waals surface area contributed by atoms with Gasteiger partial charge in [-0.25, -0.2) is 0 Å². The number of piperazine rings is 1. The SMILES string of the molecule is Cc1cc(NC2CCCCCCC2)ccc1C(=O)CN1CCN(C)CC1. The first-order valence-electron chi connectivity index (χ1n) is 10.4. The number of ketones is 1. The van der Waals surface area contributed by atoms with Gasteiger partial charge in [0.1, 0.15) is 0 Å². The van der Waals surface area contributed by atoms with Gasteiger partial charge in [0.15, 0.2) is 5.78 Å². The zero-order valence-corrected chi connectivity index (χ0v) is 16.6. The Morgan fingerprint density at radius 2 is 1.69 bits per heavy atom. The molecule has 0 aromatic heterocycles. The fourth-order valence-corrected chi connectivity index (χ4v) is 4.20. The highest BCUT2D eigenvalue weighted by molar-refractivity contribution is 5.99. The minimum Gasteiger partial charge on any atom is -0.382 e. The van der Waals surface area contributed by atoms with Crippen LogP contribution in [0.3, 0.4) is 0 Å². The smallest absolute Gasteiger partial charge is 0.177 e. The van der Waals surface area contributed by atoms with E-state index in [4.69, 9.17) is 0 Å². The Bertz CT molecular complexity index is 585. The lowest BCUT2D eigenvalue weighted by Crippen LogP contribution is -2.46. The molecule has 1 aliphatic carbocycles. The number of anilines is 1. The Morgan fingerprint density at radius 1 is 1.04 bits per heavy atom. The van der Waals surface area contributed by atoms with Gasteiger partial charge in [0, 0.05) is 43.5 Å². The van der Waals surface area contributed by atoms with Gasteiger partial charge in [-0.3, -0.25) is 9.69 Å². The average Bonchev–Trinajstić information content (AvgIpc) is 2.59. The predicted octanol–water partition coefficient (Wildman–Crippen LogP) is 3.95. The predicted molar refractivity (Wildman–Crippen MR) is 109 cm³/mol. The molecule has 0 radical (unpaired) electrons. The van der Waals surface area contributed by atoms with Crippen LogP contribution in [0, 0.1) is 6.92 Å². The molecule has 0 bridgehead atoms. The highest BCUT2D eigenvalue weighted by atomic mass is 16.1. The maximum Gasteiger partial charge on any atom is 0.177 e. The Morgan fingerprint density at radius 3 is 2.35 bits per heavy atom. The maximum absolute atomic E-state index is 12.7. The number of benzene rings is 1. The number of hydrogen-bond donors (Lipinski definition) is 1. The number of hydrogen-bond acceptors (Lipinski definition) is 4. The summed E-state index contributed by atoms with van der Waals surface area (Å²) in [5.74, 6) is 0.254. The van der Waals surface area contributed by atoms with Crippen molar-refractivity contribution < 1.29 is 4.79 Å². The van der Waals surface area contributed by atoms with E-state index in [2.05, 4.69) is 41.2 Å². The van der Waals surface area contributed by atoms with Crippen molar-refractivity contribution in [2.24, 2.45) is 0 Å². The largest absolute Gasteiger partial charge is 0.382 e. The Hall–Kier alpha value is -1.39. The number of Topliss-reactive ketones (excluding diaryl/α,β-unsaturated/α-hetero) is 1. The van der Waals surface area contributed by atoms with Crippen LogP contribution >= 0.6 is 0 Å². The van der Waals surface area contributed by atoms with Gasteiger partial charge in [-0.2, -0.15) is 0 Å². The molecule has 1 saturated carbocycles. The first-order chi connectivity index (χ1) is 12.6. The van der Waals surface area contributed by atoms with E-state index in [-0.39, 0.29) is 5.78 Å². The van der Waals surface area contributed by atoms with Gasteiger partial charge < -0.3 is 10.2 Å². The molecule has 1 N–H and O–H groups in total. The molecular weight excluding hydrogens is 322 g/mol. The van der Waals surface area contributed by atoms with Crippen molar-refractivity contribution in [2.45, 2.75) is 57.9 Å². The van der Waals surface area contributed by atoms with E-state index in [0.717, 1.165) is 37.3 Å². The number of aryl methyl sites for hydroxylation is 1. The number of likely N-dealkylation sites (N-methyl/N-ethyl adjacent to an activating group) is 1. The quantitative estimate of drug-likeness (QED) is 0.810. The van der Waals surface area contributed by atoms with Gasteiger partial charge in [-0.1, -0.05) is 32.1 Å². The molecule has 0 atom stereocenters. The first kappa shape index (κ1) is 19.4. The third kappa shape index (κ3) is 5.55. The molecule has 1 aliphatic heterocycles. The molecule has 1 aromatic carbocycles. The van der Waals surface area contributed by atoms with Crippen LogP contribution < -0.4 is 5.32 Å². The van der Waals surface area contributed by atoms with E-state index in [1.165, 1.54) is 50.6 Å². The van der Waals surface area contributed by atoms with Gasteiger partial charge in [-0.15, -0.1) is 0 Å². The standard InChI is InChI=1S/C22H35N3O/c1-18-16-20(23-19-8-6-4-3-5-7-9-19)10-11-21(18)22(26)17-25-14-12-24(2)13-15-25/h10-11,16,19,23H,3-9,12-15,17H2,1-2H3. The highest BCUT2D eigenvalue weighted by Gasteiger charge is 2.19. The zero-order valence-electron chi connectivity index (χ0n) is 16.6. The van der Waals surface area contributed by atoms with Gasteiger partial charge in [0.2, 0.25) is 0 Å². The van der Waals surface area contributed by atoms with Crippen LogP contribution in [0.5, 0.6) is 0 Å². The lowest BCUT2D eigenvalue weighted by molar-refractivity contribution is 0.0876. The third-order valence-electron chi connectivity index (χ3n) is 5.97. The minimum atomic E-state index is 0.254. The van der Waals surface area contributed by atoms with Gasteiger partial charge in [0.25, 0.3) is 0 Å². The Balaban J connectivity index is 1.57. The fourth-order valence-electron chi connectivity index (χ4n) is 4.20. The Kier molecular flexibility index (Phi) is 7.09. The second-order valence-electron chi connectivity index (χ2n) is 8.22. The summed E-state index contributed by atoms with van der Waals surface area (Å²) < 4.78 is 0. The molecule has 0 amide bonds. The number of nitrogens with zero attached hydrogens (tertiary/aromatic N) is 2. The van der Waals surface area contributed by atoms with Crippen LogP contribution in [-0.2, 0) is 0 Å². The summed E-state index contributed by atoms with van der Waals surface area (Å²) >= 11 is 0. The monoisotopic (exact) mass is 357 g/mol. The van der Waals surface area contributed by atoms with Crippen molar-refractivity contribution in [3.63, 3.8) is 0 Å². The maximum atomic E-state index is 12.7. The molecule has 3 rings (SSSR count). The summed E-state index contributed by atoms with van der Waals surface area (Å²) in [6.07, 6.45) is 9.34. The van der Waals surface area contributed by atoms with Gasteiger partial charge in [-0.05, 0) is 50.6 Å². The van der Waals surface area contributed by atoms with Gasteiger partial charge in [0.05, 0.1) is 6.54 Å². The molecule has 2 fully saturated rings. The number of carbonyl (C=O) groups excluding carboxylic acids is 1. The van der Waals surface area contributed by atoms with Crippen molar-refractivity contribution in [3.8, 4) is 0 Å². The van der Waals surface area contributed by atoms with E-state index in [1.807, 2.05) is 6.07 Å². The summed E-state index contributed by atoms with van der Waals surface area (Å²) in [6.45, 7) is 6.70. The topological polar surface area (TPSA) is 35.6 Å². The Labute approximate surface area is 158 Å². The molecule has 4 nitrogen and oxygen atoms in total. The van der Waals surface area contributed by atoms with Crippen LogP contribution in [0.15, 0.2) is 18.2 Å². The summed E-state index contributed by atoms with van der Waals surface area (Å²) in [6, 6.07) is 6.87. The molecule has 1 saturated heterocycles. The second kappa shape index (κ2) is 9.52. The van der Waals surface area contributed by atoms with E-state index in [1.54, 1.807) is 0 Å². The van der Waals surface area contributed by atoms with E-state index in [0.29, 0.717) is 12.6 Å². The number of rotatable bonds is 5. The lowest BCUT2D eigenvalue weighted by atomic mass is 9.96. The van der Waals surface area contributed by atoms with Crippen LogP contribution in [0.4, 0.5) is 5.69 Å². The van der Waals surface area contributed by atoms with E-state index in [9.17, 15) is 4.79 Å². The molecule has 1 heterocycles. The number of nitrogens with one attached hydrogen (secondary N) is 1. The second-order valence-corrected chi connectivity index (χ2v) is 8.22. The summed E-state index contributed by atoms with van der Waals surface area (Å²) in [7, 11) is 2.14. The molecule has 0 unspecified atom stereocenters. The zero-order chi connectivity index (χ0) is 18.4. The molecule has 0 spiro atoms. The first-order valence-corrected chi connectivity index (χ1v) is 10.4. The van der Waals surface area contributed by atoms with E-state index >= 15 is 0 Å². The lowest BCUT2D eigenvalue weighted by Gasteiger charge is -2.31. The summed E-state index contributed by atoms with van der Waals surface area (Å²) in [5, 5.41) is 3.71. The van der Waals surface area contributed by atoms with Crippen LogP contribution in [0.1, 0.15) is 60.9 Å². The van der Waals surface area contributed by atoms with Crippen LogP contribution in [0.25, 0.3) is 0 Å². The van der Waals surface area contributed by atoms with Crippen molar-refractivity contribution in [1.29, 1.82) is 0 Å². The summed E-state index contributed by atoms with van der Waals surface area (Å²) in [5.41, 5.74) is 3.15. The van der Waals surface area contributed by atoms with Crippen LogP contribution in [0.2, 0.25) is 0 Å². The van der Waals surface area contributed by atoms with Crippen LogP contribution in [-0.4, -0.2) is 61.4 Å². The van der Waals surface area contributed by atoms with Crippen molar-refractivity contribution in [2.75, 3.05) is 45.1 Å². The molecule has 1 aromatic rings. The van der Waals surface area contributed by atoms with Crippen molar-refractivity contribution >= 4 is 11.5 Å². The number of carbonyl (C=O) groups is 1. The third-order valence-corrected chi connectivity index (χ3v) is 5.97. The molecule has 2 aliphatic rings. The average molecular weight is 358 g/mol. The van der Waals surface area contributed by atoms with Crippen molar-refractivity contribution in [3.05, 3.63) is 29.3 Å². The van der Waals surface area contributed by atoms with Gasteiger partial charge >= 0.3 is 0 Å². The van der Waals surface area contributed by atoms with Crippen molar-refractivity contribution in [1.82, 2.24) is 9.80 Å². The fraction of sp³-hybridized carbons (Fsp3) is 0.682. The molecule has 4 heteroatoms. The molecule has 144 valence electrons. The molecular formula is C22H35N3O. The molecule has 26 heavy (non-hydrogen) atoms. The normalized spacial score (nSPS) is 21.2. The highest BCUT2D eigenvalue weighted by Crippen LogP contribution is 2.23. The summed E-state index contributed by atoms with van der Waals surface area (Å²) in [4.78, 5) is 17.3. The minimum absolute atomic E-state index is 0.254. The van der Waals surface area contributed by atoms with E-state index < -0.39 is 0 Å².